The number of pyridine rings is 1. The Morgan fingerprint density at radius 3 is 2.04 bits per heavy atom. The van der Waals surface area contributed by atoms with Crippen LogP contribution in [-0.2, 0) is 26.5 Å². The summed E-state index contributed by atoms with van der Waals surface area (Å²) < 4.78 is 47.3. The van der Waals surface area contributed by atoms with Crippen molar-refractivity contribution < 1.29 is 28.3 Å². The summed E-state index contributed by atoms with van der Waals surface area (Å²) in [4.78, 5) is 9.38. The van der Waals surface area contributed by atoms with Crippen molar-refractivity contribution in [2.75, 3.05) is 0 Å². The minimum absolute atomic E-state index is 0. The fraction of sp³-hybridized carbons (Fsp3) is 0.137. The molecule has 0 amide bonds. The molecule has 0 unspecified atom stereocenters. The normalized spacial score (nSPS) is 13.1. The third kappa shape index (κ3) is 8.22. The van der Waals surface area contributed by atoms with Gasteiger partial charge in [0, 0.05) is 45.7 Å². The fourth-order valence-corrected chi connectivity index (χ4v) is 7.86. The van der Waals surface area contributed by atoms with Crippen LogP contribution in [-0.4, -0.2) is 14.5 Å². The van der Waals surface area contributed by atoms with Crippen LogP contribution in [0.2, 0.25) is 0 Å². The van der Waals surface area contributed by atoms with Crippen LogP contribution in [0.25, 0.3) is 71.7 Å². The van der Waals surface area contributed by atoms with Crippen molar-refractivity contribution in [1.29, 1.82) is 0 Å². The number of fused-ring (bicyclic) bond motifs is 2. The molecule has 0 saturated carbocycles. The smallest absolute Gasteiger partial charge is 0.0774 e. The van der Waals surface area contributed by atoms with E-state index in [1.54, 1.807) is 23.5 Å². The molecule has 1 radical (unpaired) electrons. The number of nitrogens with zero attached hydrogens (tertiary/aromatic N) is 3. The van der Waals surface area contributed by atoms with Crippen molar-refractivity contribution in [2.24, 2.45) is 5.92 Å². The zero-order chi connectivity index (χ0) is 42.9. The van der Waals surface area contributed by atoms with Gasteiger partial charge in [0.05, 0.1) is 22.5 Å². The molecule has 0 aliphatic carbocycles. The molecule has 5 heteroatoms. The van der Waals surface area contributed by atoms with Gasteiger partial charge in [0.15, 0.2) is 0 Å². The summed E-state index contributed by atoms with van der Waals surface area (Å²) in [5, 5.41) is 4.89. The van der Waals surface area contributed by atoms with Crippen LogP contribution < -0.4 is 0 Å². The van der Waals surface area contributed by atoms with Gasteiger partial charge in [-0.15, -0.1) is 46.8 Å². The molecule has 56 heavy (non-hydrogen) atoms. The summed E-state index contributed by atoms with van der Waals surface area (Å²) in [5.74, 6) is 1.52. The van der Waals surface area contributed by atoms with Crippen molar-refractivity contribution >= 4 is 32.5 Å². The zero-order valence-corrected chi connectivity index (χ0v) is 34.5. The number of para-hydroxylation sites is 2. The van der Waals surface area contributed by atoms with Crippen LogP contribution >= 0.6 is 11.3 Å². The summed E-state index contributed by atoms with van der Waals surface area (Å²) in [6.07, 6.45) is 2.35. The molecular formula is C51H43IrN3S-2. The Balaban J connectivity index is 0.000000233. The van der Waals surface area contributed by atoms with E-state index in [1.165, 1.54) is 67.9 Å². The summed E-state index contributed by atoms with van der Waals surface area (Å²) in [5.41, 5.74) is 13.1. The number of thiophene rings is 1. The summed E-state index contributed by atoms with van der Waals surface area (Å²) in [6.45, 7) is 2.40. The van der Waals surface area contributed by atoms with Gasteiger partial charge in [-0.05, 0) is 78.3 Å². The van der Waals surface area contributed by atoms with Crippen LogP contribution in [0, 0.1) is 38.0 Å². The van der Waals surface area contributed by atoms with Crippen molar-refractivity contribution in [2.45, 2.75) is 40.9 Å². The van der Waals surface area contributed by atoms with E-state index >= 15 is 0 Å². The van der Waals surface area contributed by atoms with Crippen LogP contribution in [0.5, 0.6) is 0 Å². The second kappa shape index (κ2) is 17.1. The molecule has 0 spiro atoms. The number of benzene rings is 6. The van der Waals surface area contributed by atoms with Crippen LogP contribution in [0.4, 0.5) is 0 Å². The Morgan fingerprint density at radius 1 is 0.732 bits per heavy atom. The van der Waals surface area contributed by atoms with E-state index in [0.29, 0.717) is 17.2 Å². The standard InChI is InChI=1S/C38H31N2S.C13H12N.Ir/c1-25(2)20-27-18-19-36-32(23-27)33(24-41-36)38-39-34-16-10-11-17-35(34)40(38)37-30(28-12-6-4-7-13-28)21-26(3)22-31(37)29-14-8-5-9-15-29;1-10-3-6-12(7-4-10)13-8-5-11(2)9-14-13;/h4-19,21-23,25H,20H2,1-3H3;3-6,8-9H,1-2H3;/q2*-1;/i;1D3,2D3;. The number of aromatic nitrogens is 3. The predicted molar refractivity (Wildman–Crippen MR) is 233 cm³/mol. The first kappa shape index (κ1) is 31.7. The molecule has 3 heterocycles. The molecular weight excluding hydrogens is 879 g/mol. The maximum Gasteiger partial charge on any atom is 0.0774 e. The number of rotatable bonds is 7. The SMILES string of the molecule is Cc1cc(-c2ccccc2)c(-n2c(-c3[c-]sc4ccc(CC(C)C)cc34)nc3ccccc32)c(-c2ccccc2)c1.[2H]C([2H])([2H])c1c[c-]c(-c2ccc(C([2H])([2H])[2H])cn2)cc1.[Ir]. The van der Waals surface area contributed by atoms with Gasteiger partial charge in [-0.1, -0.05) is 139 Å². The van der Waals surface area contributed by atoms with E-state index in [9.17, 15) is 0 Å². The van der Waals surface area contributed by atoms with Gasteiger partial charge >= 0.3 is 0 Å². The third-order valence-corrected chi connectivity index (χ3v) is 10.4. The molecule has 6 aromatic carbocycles. The topological polar surface area (TPSA) is 30.7 Å². The molecule has 0 N–H and O–H groups in total. The Kier molecular flexibility index (Phi) is 9.71. The van der Waals surface area contributed by atoms with Gasteiger partial charge in [0.25, 0.3) is 0 Å². The molecule has 0 bridgehead atoms. The summed E-state index contributed by atoms with van der Waals surface area (Å²) in [7, 11) is 0. The average Bonchev–Trinajstić information content (AvgIpc) is 3.85. The molecule has 0 aliphatic rings. The second-order valence-corrected chi connectivity index (χ2v) is 15.0. The quantitative estimate of drug-likeness (QED) is 0.149. The van der Waals surface area contributed by atoms with Crippen LogP contribution in [0.15, 0.2) is 152 Å². The first-order valence-electron chi connectivity index (χ1n) is 21.4. The van der Waals surface area contributed by atoms with Crippen molar-refractivity contribution in [3.8, 4) is 50.6 Å². The van der Waals surface area contributed by atoms with Crippen LogP contribution in [0.1, 0.15) is 44.3 Å². The third-order valence-electron chi connectivity index (χ3n) is 9.50. The average molecular weight is 928 g/mol. The Bertz CT molecular complexity index is 2820. The minimum Gasteiger partial charge on any atom is -0.332 e. The number of aryl methyl sites for hydroxylation is 3. The fourth-order valence-electron chi connectivity index (χ4n) is 7.04. The largest absolute Gasteiger partial charge is 0.332 e. The van der Waals surface area contributed by atoms with E-state index in [-0.39, 0.29) is 31.2 Å². The van der Waals surface area contributed by atoms with E-state index in [1.807, 2.05) is 0 Å². The first-order chi connectivity index (χ1) is 29.2. The summed E-state index contributed by atoms with van der Waals surface area (Å²) in [6, 6.07) is 51.9. The van der Waals surface area contributed by atoms with Gasteiger partial charge in [0.1, 0.15) is 0 Å². The molecule has 0 saturated heterocycles. The first-order valence-corrected chi connectivity index (χ1v) is 19.2. The van der Waals surface area contributed by atoms with Gasteiger partial charge in [0.2, 0.25) is 0 Å². The van der Waals surface area contributed by atoms with Gasteiger partial charge in [-0.2, -0.15) is 0 Å². The molecule has 9 rings (SSSR count). The van der Waals surface area contributed by atoms with Gasteiger partial charge in [-0.25, -0.2) is 0 Å². The molecule has 279 valence electrons. The van der Waals surface area contributed by atoms with Crippen LogP contribution in [0.3, 0.4) is 0 Å². The maximum atomic E-state index is 7.28. The molecule has 9 aromatic rings. The van der Waals surface area contributed by atoms with E-state index in [2.05, 4.69) is 157 Å². The number of hydrogen-bond donors (Lipinski definition) is 0. The second-order valence-electron chi connectivity index (χ2n) is 14.1. The predicted octanol–water partition coefficient (Wildman–Crippen LogP) is 13.7. The van der Waals surface area contributed by atoms with E-state index in [4.69, 9.17) is 13.2 Å². The molecule has 0 fully saturated rings. The van der Waals surface area contributed by atoms with Crippen molar-refractivity contribution in [1.82, 2.24) is 14.5 Å². The molecule has 3 aromatic heterocycles. The molecule has 0 atom stereocenters. The monoisotopic (exact) mass is 928 g/mol. The Labute approximate surface area is 356 Å². The van der Waals surface area contributed by atoms with E-state index in [0.717, 1.165) is 34.5 Å². The van der Waals surface area contributed by atoms with E-state index < -0.39 is 13.7 Å². The molecule has 0 aliphatic heterocycles. The zero-order valence-electron chi connectivity index (χ0n) is 37.3. The summed E-state index contributed by atoms with van der Waals surface area (Å²) >= 11 is 1.68. The van der Waals surface area contributed by atoms with Gasteiger partial charge < -0.3 is 9.55 Å². The number of hydrogen-bond acceptors (Lipinski definition) is 3. The Morgan fingerprint density at radius 2 is 1.41 bits per heavy atom. The maximum absolute atomic E-state index is 7.28. The minimum atomic E-state index is -2.18. The van der Waals surface area contributed by atoms with Crippen molar-refractivity contribution in [3.63, 3.8) is 0 Å². The molecule has 3 nitrogen and oxygen atoms in total. The van der Waals surface area contributed by atoms with Crippen molar-refractivity contribution in [3.05, 3.63) is 185 Å². The van der Waals surface area contributed by atoms with Gasteiger partial charge in [-0.3, -0.25) is 16.3 Å². The Hall–Kier alpha value is -5.45. The number of imidazole rings is 1.